The van der Waals surface area contributed by atoms with Gasteiger partial charge in [0.05, 0.1) is 12.2 Å². The van der Waals surface area contributed by atoms with Crippen LogP contribution in [0.5, 0.6) is 5.75 Å². The summed E-state index contributed by atoms with van der Waals surface area (Å²) in [4.78, 5) is 26.5. The minimum atomic E-state index is -0.334. The Labute approximate surface area is 166 Å². The maximum absolute atomic E-state index is 12.7. The Kier molecular flexibility index (Phi) is 5.83. The van der Waals surface area contributed by atoms with Crippen LogP contribution in [0.2, 0.25) is 0 Å². The van der Waals surface area contributed by atoms with E-state index in [9.17, 15) is 9.59 Å². The third kappa shape index (κ3) is 3.93. The third-order valence-electron chi connectivity index (χ3n) is 4.75. The molecule has 0 aliphatic carbocycles. The monoisotopic (exact) mass is 378 g/mol. The first-order valence-corrected chi connectivity index (χ1v) is 9.59. The molecule has 0 unspecified atom stereocenters. The average Bonchev–Trinajstić information content (AvgIpc) is 2.91. The van der Waals surface area contributed by atoms with Crippen LogP contribution in [0.3, 0.4) is 0 Å². The van der Waals surface area contributed by atoms with Gasteiger partial charge in [-0.05, 0) is 47.7 Å². The van der Waals surface area contributed by atoms with Crippen molar-refractivity contribution >= 4 is 23.1 Å². The highest BCUT2D eigenvalue weighted by molar-refractivity contribution is 6.36. The van der Waals surface area contributed by atoms with E-state index in [4.69, 9.17) is 4.74 Å². The molecule has 3 rings (SSSR count). The summed E-state index contributed by atoms with van der Waals surface area (Å²) in [7, 11) is 1.50. The van der Waals surface area contributed by atoms with Crippen molar-refractivity contribution in [3.05, 3.63) is 65.4 Å². The maximum Gasteiger partial charge on any atom is 0.277 e. The van der Waals surface area contributed by atoms with Gasteiger partial charge in [0.2, 0.25) is 0 Å². The quantitative estimate of drug-likeness (QED) is 0.725. The van der Waals surface area contributed by atoms with E-state index in [1.165, 1.54) is 12.6 Å². The summed E-state index contributed by atoms with van der Waals surface area (Å²) >= 11 is 0. The summed E-state index contributed by atoms with van der Waals surface area (Å²) in [6, 6.07) is 15.2. The first kappa shape index (κ1) is 19.7. The molecule has 146 valence electrons. The van der Waals surface area contributed by atoms with Gasteiger partial charge in [-0.15, -0.1) is 0 Å². The molecular formula is C23H26N2O3. The van der Waals surface area contributed by atoms with Gasteiger partial charge < -0.3 is 10.1 Å². The molecule has 0 radical (unpaired) electrons. The van der Waals surface area contributed by atoms with Gasteiger partial charge in [0.25, 0.3) is 11.8 Å². The average molecular weight is 378 g/mol. The van der Waals surface area contributed by atoms with E-state index in [2.05, 4.69) is 19.2 Å². The number of amides is 2. The molecule has 0 aromatic heterocycles. The van der Waals surface area contributed by atoms with Crippen molar-refractivity contribution in [2.75, 3.05) is 19.0 Å². The zero-order valence-corrected chi connectivity index (χ0v) is 16.8. The number of imide groups is 1. The van der Waals surface area contributed by atoms with Crippen LogP contribution >= 0.6 is 0 Å². The van der Waals surface area contributed by atoms with E-state index in [-0.39, 0.29) is 11.8 Å². The Bertz CT molecular complexity index is 896. The van der Waals surface area contributed by atoms with Crippen LogP contribution in [0, 0.1) is 0 Å². The lowest BCUT2D eigenvalue weighted by Crippen LogP contribution is -2.27. The zero-order chi connectivity index (χ0) is 20.3. The number of hydrogen-bond acceptors (Lipinski definition) is 4. The first-order chi connectivity index (χ1) is 13.4. The van der Waals surface area contributed by atoms with Crippen LogP contribution in [0.1, 0.15) is 44.2 Å². The predicted octanol–water partition coefficient (Wildman–Crippen LogP) is 4.42. The molecule has 0 spiro atoms. The normalized spacial score (nSPS) is 14.2. The van der Waals surface area contributed by atoms with Gasteiger partial charge in [-0.3, -0.25) is 14.5 Å². The molecule has 1 aliphatic heterocycles. The van der Waals surface area contributed by atoms with Crippen molar-refractivity contribution in [2.45, 2.75) is 33.1 Å². The molecule has 5 nitrogen and oxygen atoms in total. The number of likely N-dealkylation sites (N-methyl/N-ethyl adjacent to an activating group) is 1. The largest absolute Gasteiger partial charge is 0.494 e. The Morgan fingerprint density at radius 1 is 0.964 bits per heavy atom. The summed E-state index contributed by atoms with van der Waals surface area (Å²) in [5.41, 5.74) is 3.35. The molecule has 0 saturated heterocycles. The smallest absolute Gasteiger partial charge is 0.277 e. The van der Waals surface area contributed by atoms with Crippen molar-refractivity contribution < 1.29 is 14.3 Å². The highest BCUT2D eigenvalue weighted by Gasteiger charge is 2.36. The zero-order valence-electron chi connectivity index (χ0n) is 16.8. The molecule has 0 atom stereocenters. The van der Waals surface area contributed by atoms with Crippen LogP contribution in [-0.4, -0.2) is 30.4 Å². The molecule has 2 aromatic rings. The molecule has 0 bridgehead atoms. The van der Waals surface area contributed by atoms with Crippen molar-refractivity contribution in [1.82, 2.24) is 4.90 Å². The number of ether oxygens (including phenoxy) is 1. The highest BCUT2D eigenvalue weighted by Crippen LogP contribution is 2.31. The Balaban J connectivity index is 1.93. The first-order valence-electron chi connectivity index (χ1n) is 9.59. The van der Waals surface area contributed by atoms with E-state index in [0.29, 0.717) is 29.4 Å². The van der Waals surface area contributed by atoms with Gasteiger partial charge in [0.15, 0.2) is 0 Å². The Hall–Kier alpha value is -3.08. The molecule has 1 heterocycles. The minimum absolute atomic E-state index is 0.298. The predicted molar refractivity (Wildman–Crippen MR) is 111 cm³/mol. The topological polar surface area (TPSA) is 58.6 Å². The fraction of sp³-hybridized carbons (Fsp3) is 0.304. The lowest BCUT2D eigenvalue weighted by atomic mass is 10.0. The van der Waals surface area contributed by atoms with Crippen LogP contribution in [-0.2, 0) is 9.59 Å². The second-order valence-corrected chi connectivity index (χ2v) is 7.19. The second-order valence-electron chi connectivity index (χ2n) is 7.19. The number of hydrogen-bond donors (Lipinski definition) is 1. The van der Waals surface area contributed by atoms with Gasteiger partial charge in [0, 0.05) is 12.7 Å². The lowest BCUT2D eigenvalue weighted by Gasteiger charge is -2.11. The van der Waals surface area contributed by atoms with E-state index in [1.807, 2.05) is 55.5 Å². The number of carbonyl (C=O) groups is 2. The number of nitrogens with one attached hydrogen (secondary N) is 1. The van der Waals surface area contributed by atoms with Crippen molar-refractivity contribution in [1.29, 1.82) is 0 Å². The Morgan fingerprint density at radius 2 is 1.61 bits per heavy atom. The molecule has 1 aliphatic rings. The van der Waals surface area contributed by atoms with Crippen LogP contribution < -0.4 is 10.1 Å². The molecule has 1 N–H and O–H groups in total. The summed E-state index contributed by atoms with van der Waals surface area (Å²) in [6.07, 6.45) is 0.925. The number of anilines is 1. The SMILES string of the molecule is CCCOc1ccc(C2=C(Nc3ccc(C(C)C)cc3)C(=O)N(C)C2=O)cc1. The van der Waals surface area contributed by atoms with Gasteiger partial charge in [0.1, 0.15) is 11.4 Å². The van der Waals surface area contributed by atoms with Crippen LogP contribution in [0.15, 0.2) is 54.2 Å². The molecule has 2 aromatic carbocycles. The minimum Gasteiger partial charge on any atom is -0.494 e. The highest BCUT2D eigenvalue weighted by atomic mass is 16.5. The van der Waals surface area contributed by atoms with Crippen LogP contribution in [0.4, 0.5) is 5.69 Å². The molecule has 5 heteroatoms. The fourth-order valence-electron chi connectivity index (χ4n) is 3.06. The van der Waals surface area contributed by atoms with Crippen LogP contribution in [0.25, 0.3) is 5.57 Å². The van der Waals surface area contributed by atoms with Crippen molar-refractivity contribution in [3.8, 4) is 5.75 Å². The standard InChI is InChI=1S/C23H26N2O3/c1-5-14-28-19-12-8-17(9-13-19)20-21(23(27)25(4)22(20)26)24-18-10-6-16(7-11-18)15(2)3/h6-13,15,24H,5,14H2,1-4H3. The summed E-state index contributed by atoms with van der Waals surface area (Å²) in [5.74, 6) is 0.529. The second kappa shape index (κ2) is 8.30. The van der Waals surface area contributed by atoms with E-state index < -0.39 is 0 Å². The van der Waals surface area contributed by atoms with Gasteiger partial charge in [-0.25, -0.2) is 0 Å². The van der Waals surface area contributed by atoms with Crippen molar-refractivity contribution in [3.63, 3.8) is 0 Å². The van der Waals surface area contributed by atoms with Gasteiger partial charge in [-0.1, -0.05) is 45.0 Å². The third-order valence-corrected chi connectivity index (χ3v) is 4.75. The number of carbonyl (C=O) groups excluding carboxylic acids is 2. The maximum atomic E-state index is 12.7. The molecule has 28 heavy (non-hydrogen) atoms. The Morgan fingerprint density at radius 3 is 2.18 bits per heavy atom. The number of benzene rings is 2. The van der Waals surface area contributed by atoms with E-state index in [1.54, 1.807) is 0 Å². The van der Waals surface area contributed by atoms with E-state index >= 15 is 0 Å². The van der Waals surface area contributed by atoms with E-state index in [0.717, 1.165) is 22.8 Å². The number of rotatable bonds is 7. The molecule has 0 saturated carbocycles. The molecule has 0 fully saturated rings. The number of nitrogens with zero attached hydrogens (tertiary/aromatic N) is 1. The van der Waals surface area contributed by atoms with Gasteiger partial charge in [-0.2, -0.15) is 0 Å². The fourth-order valence-corrected chi connectivity index (χ4v) is 3.06. The summed E-state index contributed by atoms with van der Waals surface area (Å²) in [5, 5.41) is 3.15. The van der Waals surface area contributed by atoms with Crippen molar-refractivity contribution in [2.24, 2.45) is 0 Å². The summed E-state index contributed by atoms with van der Waals surface area (Å²) < 4.78 is 5.60. The lowest BCUT2D eigenvalue weighted by molar-refractivity contribution is -0.135. The summed E-state index contributed by atoms with van der Waals surface area (Å²) in [6.45, 7) is 6.95. The molecular weight excluding hydrogens is 352 g/mol. The van der Waals surface area contributed by atoms with Gasteiger partial charge >= 0.3 is 0 Å². The molecule has 2 amide bonds.